The van der Waals surface area contributed by atoms with Crippen LogP contribution in [0.5, 0.6) is 0 Å². The predicted molar refractivity (Wildman–Crippen MR) is 110 cm³/mol. The Bertz CT molecular complexity index is 699. The molecule has 0 aromatic heterocycles. The fourth-order valence-corrected chi connectivity index (χ4v) is 3.38. The Morgan fingerprint density at radius 1 is 1.11 bits per heavy atom. The van der Waals surface area contributed by atoms with Crippen molar-refractivity contribution in [3.63, 3.8) is 0 Å². The second kappa shape index (κ2) is 9.32. The van der Waals surface area contributed by atoms with Crippen LogP contribution in [0.25, 0.3) is 0 Å². The number of carbonyl (C=O) groups excluding carboxylic acids is 3. The molecule has 1 saturated heterocycles. The number of Topliss-reactive ketones (excluding diaryl/α,β-unsaturated/α-hetero) is 1. The summed E-state index contributed by atoms with van der Waals surface area (Å²) in [5.41, 5.74) is 1.60. The molecule has 154 valence electrons. The van der Waals surface area contributed by atoms with Crippen molar-refractivity contribution in [2.45, 2.75) is 46.1 Å². The Hall–Kier alpha value is -2.21. The second-order valence-electron chi connectivity index (χ2n) is 8.83. The van der Waals surface area contributed by atoms with E-state index in [1.54, 1.807) is 7.05 Å². The topological polar surface area (TPSA) is 69.7 Å². The number of aryl methyl sites for hydroxylation is 1. The molecule has 2 amide bonds. The number of ketones is 1. The fraction of sp³-hybridized carbons (Fsp3) is 0.591. The van der Waals surface area contributed by atoms with Crippen LogP contribution in [0.3, 0.4) is 0 Å². The molecule has 0 unspecified atom stereocenters. The quantitative estimate of drug-likeness (QED) is 0.760. The highest BCUT2D eigenvalue weighted by Crippen LogP contribution is 2.22. The van der Waals surface area contributed by atoms with Gasteiger partial charge in [-0.25, -0.2) is 0 Å². The zero-order valence-corrected chi connectivity index (χ0v) is 17.7. The average Bonchev–Trinajstić information content (AvgIpc) is 2.60. The number of nitrogens with one attached hydrogen (secondary N) is 1. The molecule has 2 rings (SSSR count). The molecule has 1 aliphatic rings. The highest BCUT2D eigenvalue weighted by atomic mass is 16.2. The minimum Gasteiger partial charge on any atom is -0.350 e. The molecule has 0 radical (unpaired) electrons. The summed E-state index contributed by atoms with van der Waals surface area (Å²) < 4.78 is 0. The number of benzene rings is 1. The van der Waals surface area contributed by atoms with Crippen molar-refractivity contribution < 1.29 is 14.4 Å². The van der Waals surface area contributed by atoms with Gasteiger partial charge in [0.2, 0.25) is 11.8 Å². The van der Waals surface area contributed by atoms with Gasteiger partial charge in [-0.3, -0.25) is 19.3 Å². The van der Waals surface area contributed by atoms with Crippen LogP contribution in [-0.4, -0.2) is 66.2 Å². The van der Waals surface area contributed by atoms with E-state index in [0.717, 1.165) is 37.1 Å². The van der Waals surface area contributed by atoms with Gasteiger partial charge in [0.05, 0.1) is 13.1 Å². The third-order valence-electron chi connectivity index (χ3n) is 4.97. The zero-order valence-electron chi connectivity index (χ0n) is 17.7. The number of carbonyl (C=O) groups is 3. The van der Waals surface area contributed by atoms with Gasteiger partial charge in [0.1, 0.15) is 0 Å². The van der Waals surface area contributed by atoms with Gasteiger partial charge in [0.25, 0.3) is 0 Å². The molecule has 0 atom stereocenters. The zero-order chi connectivity index (χ0) is 20.9. The lowest BCUT2D eigenvalue weighted by Gasteiger charge is -2.32. The van der Waals surface area contributed by atoms with Crippen molar-refractivity contribution >= 4 is 17.6 Å². The van der Waals surface area contributed by atoms with Crippen molar-refractivity contribution in [1.82, 2.24) is 15.1 Å². The Labute approximate surface area is 168 Å². The Morgan fingerprint density at radius 3 is 2.21 bits per heavy atom. The number of piperidine rings is 1. The van der Waals surface area contributed by atoms with E-state index >= 15 is 0 Å². The molecule has 1 heterocycles. The predicted octanol–water partition coefficient (Wildman–Crippen LogP) is 2.26. The lowest BCUT2D eigenvalue weighted by atomic mass is 9.88. The van der Waals surface area contributed by atoms with E-state index in [9.17, 15) is 14.4 Å². The van der Waals surface area contributed by atoms with E-state index in [1.165, 1.54) is 4.90 Å². The molecule has 1 aromatic carbocycles. The average molecular weight is 388 g/mol. The van der Waals surface area contributed by atoms with E-state index in [2.05, 4.69) is 10.2 Å². The molecule has 1 aliphatic heterocycles. The van der Waals surface area contributed by atoms with E-state index in [1.807, 2.05) is 52.0 Å². The van der Waals surface area contributed by atoms with Gasteiger partial charge < -0.3 is 10.2 Å². The summed E-state index contributed by atoms with van der Waals surface area (Å²) in [4.78, 5) is 40.6. The highest BCUT2D eigenvalue weighted by molar-refractivity contribution is 5.98. The molecular formula is C22H33N3O3. The molecule has 0 spiro atoms. The minimum atomic E-state index is -0.313. The number of nitrogens with zero attached hydrogens (tertiary/aromatic N) is 2. The van der Waals surface area contributed by atoms with Gasteiger partial charge >= 0.3 is 0 Å². The smallest absolute Gasteiger partial charge is 0.240 e. The molecule has 0 saturated carbocycles. The highest BCUT2D eigenvalue weighted by Gasteiger charge is 2.27. The SMILES string of the molecule is Cc1ccc(C(=O)C2CCN(CC(=O)N(C)CC(=O)NC(C)(C)C)CC2)cc1. The maximum atomic E-state index is 12.6. The number of likely N-dealkylation sites (tertiary alicyclic amines) is 1. The standard InChI is InChI=1S/C22H33N3O3/c1-16-6-8-17(9-7-16)21(28)18-10-12-25(13-11-18)15-20(27)24(5)14-19(26)23-22(2,3)4/h6-9,18H,10-15H2,1-5H3,(H,23,26). The van der Waals surface area contributed by atoms with Gasteiger partial charge in [-0.1, -0.05) is 29.8 Å². The van der Waals surface area contributed by atoms with Crippen molar-refractivity contribution in [3.05, 3.63) is 35.4 Å². The normalized spacial score (nSPS) is 15.9. The third-order valence-corrected chi connectivity index (χ3v) is 4.97. The summed E-state index contributed by atoms with van der Waals surface area (Å²) in [6.45, 7) is 9.52. The van der Waals surface area contributed by atoms with Gasteiger partial charge in [-0.2, -0.15) is 0 Å². The van der Waals surface area contributed by atoms with Gasteiger partial charge in [-0.05, 0) is 53.6 Å². The second-order valence-corrected chi connectivity index (χ2v) is 8.83. The van der Waals surface area contributed by atoms with Crippen molar-refractivity contribution in [1.29, 1.82) is 0 Å². The van der Waals surface area contributed by atoms with E-state index in [0.29, 0.717) is 0 Å². The van der Waals surface area contributed by atoms with Gasteiger partial charge in [-0.15, -0.1) is 0 Å². The number of hydrogen-bond acceptors (Lipinski definition) is 4. The van der Waals surface area contributed by atoms with Crippen LogP contribution < -0.4 is 5.32 Å². The lowest BCUT2D eigenvalue weighted by molar-refractivity contribution is -0.136. The van der Waals surface area contributed by atoms with Crippen LogP contribution in [0.15, 0.2) is 24.3 Å². The van der Waals surface area contributed by atoms with E-state index < -0.39 is 0 Å². The monoisotopic (exact) mass is 387 g/mol. The number of hydrogen-bond donors (Lipinski definition) is 1. The number of rotatable bonds is 6. The molecule has 1 aromatic rings. The molecule has 6 nitrogen and oxygen atoms in total. The number of amides is 2. The minimum absolute atomic E-state index is 0.0179. The first-order valence-electron chi connectivity index (χ1n) is 9.93. The first-order valence-corrected chi connectivity index (χ1v) is 9.93. The summed E-state index contributed by atoms with van der Waals surface area (Å²) in [6, 6.07) is 7.72. The van der Waals surface area contributed by atoms with Crippen molar-refractivity contribution in [3.8, 4) is 0 Å². The fourth-order valence-electron chi connectivity index (χ4n) is 3.38. The summed E-state index contributed by atoms with van der Waals surface area (Å²) in [7, 11) is 1.65. The molecule has 1 N–H and O–H groups in total. The first kappa shape index (κ1) is 22.1. The van der Waals surface area contributed by atoms with Crippen LogP contribution >= 0.6 is 0 Å². The van der Waals surface area contributed by atoms with Gasteiger partial charge in [0, 0.05) is 24.1 Å². The lowest BCUT2D eigenvalue weighted by Crippen LogP contribution is -2.48. The summed E-state index contributed by atoms with van der Waals surface area (Å²) in [6.07, 6.45) is 1.52. The van der Waals surface area contributed by atoms with Crippen LogP contribution in [0, 0.1) is 12.8 Å². The Kier molecular flexibility index (Phi) is 7.35. The molecule has 1 fully saturated rings. The van der Waals surface area contributed by atoms with Crippen molar-refractivity contribution in [2.75, 3.05) is 33.2 Å². The molecule has 28 heavy (non-hydrogen) atoms. The Morgan fingerprint density at radius 2 is 1.68 bits per heavy atom. The molecule has 0 bridgehead atoms. The van der Waals surface area contributed by atoms with Crippen LogP contribution in [0.2, 0.25) is 0 Å². The van der Waals surface area contributed by atoms with Crippen LogP contribution in [-0.2, 0) is 9.59 Å². The summed E-state index contributed by atoms with van der Waals surface area (Å²) >= 11 is 0. The van der Waals surface area contributed by atoms with E-state index in [-0.39, 0.29) is 42.1 Å². The van der Waals surface area contributed by atoms with Crippen LogP contribution in [0.4, 0.5) is 0 Å². The molecular weight excluding hydrogens is 354 g/mol. The summed E-state index contributed by atoms with van der Waals surface area (Å²) in [5.74, 6) is -0.0237. The largest absolute Gasteiger partial charge is 0.350 e. The Balaban J connectivity index is 1.78. The summed E-state index contributed by atoms with van der Waals surface area (Å²) in [5, 5.41) is 2.86. The molecule has 0 aliphatic carbocycles. The third kappa shape index (κ3) is 6.75. The van der Waals surface area contributed by atoms with Gasteiger partial charge in [0.15, 0.2) is 5.78 Å². The first-order chi connectivity index (χ1) is 13.0. The maximum absolute atomic E-state index is 12.6. The van der Waals surface area contributed by atoms with Crippen LogP contribution in [0.1, 0.15) is 49.5 Å². The number of likely N-dealkylation sites (N-methyl/N-ethyl adjacent to an activating group) is 1. The van der Waals surface area contributed by atoms with E-state index in [4.69, 9.17) is 0 Å². The maximum Gasteiger partial charge on any atom is 0.240 e. The van der Waals surface area contributed by atoms with Crippen molar-refractivity contribution in [2.24, 2.45) is 5.92 Å². The molecule has 6 heteroatoms.